The summed E-state index contributed by atoms with van der Waals surface area (Å²) >= 11 is 3.44. The summed E-state index contributed by atoms with van der Waals surface area (Å²) in [7, 11) is 0. The number of nitrogens with one attached hydrogen (secondary N) is 1. The van der Waals surface area contributed by atoms with Crippen molar-refractivity contribution in [2.45, 2.75) is 16.6 Å². The maximum absolute atomic E-state index is 13.0. The van der Waals surface area contributed by atoms with Gasteiger partial charge in [0.05, 0.1) is 17.7 Å². The zero-order valence-electron chi connectivity index (χ0n) is 19.3. The van der Waals surface area contributed by atoms with Gasteiger partial charge in [-0.25, -0.2) is 4.98 Å². The summed E-state index contributed by atoms with van der Waals surface area (Å²) in [6.07, 6.45) is 5.15. The highest BCUT2D eigenvalue weighted by molar-refractivity contribution is 8.01. The molecule has 2 atom stereocenters. The average Bonchev–Trinajstić information content (AvgIpc) is 3.31. The number of aliphatic carboxylic acids is 1. The predicted molar refractivity (Wildman–Crippen MR) is 139 cm³/mol. The van der Waals surface area contributed by atoms with Crippen LogP contribution < -0.4 is 38.1 Å². The van der Waals surface area contributed by atoms with Gasteiger partial charge in [0.25, 0.3) is 11.8 Å². The molecule has 18 heteroatoms. The molecule has 198 valence electrons. The standard InChI is InChI=1S/C20H20N10O5S3/c1-2-3-35-28-12(9-7-37-19(23)25-9)15(31)27-13-16(32)29-14(18(33)34)8(5-36-17(13)29)6-38-20-26-10(21)4-11(22)30(20)24/h1,4,7,13,17H,3,5-6,24H2,(H7,21,22,23,25,27,31,33,34)/b28-12-/t13?,17-/m1/s1. The van der Waals surface area contributed by atoms with Crippen molar-refractivity contribution in [1.29, 1.82) is 0 Å². The van der Waals surface area contributed by atoms with Crippen LogP contribution in [-0.4, -0.2) is 67.9 Å². The fourth-order valence-electron chi connectivity index (χ4n) is 3.51. The molecule has 2 aliphatic rings. The Morgan fingerprint density at radius 1 is 1.39 bits per heavy atom. The topological polar surface area (TPSA) is 245 Å². The molecule has 1 unspecified atom stereocenters. The first kappa shape index (κ1) is 26.8. The number of nitrogens with zero attached hydrogens (tertiary/aromatic N) is 5. The molecule has 0 aromatic carbocycles. The van der Waals surface area contributed by atoms with Gasteiger partial charge in [0.1, 0.15) is 17.1 Å². The van der Waals surface area contributed by atoms with Crippen molar-refractivity contribution in [3.05, 3.63) is 28.4 Å². The Morgan fingerprint density at radius 2 is 2.16 bits per heavy atom. The number of rotatable bonds is 9. The van der Waals surface area contributed by atoms with Crippen molar-refractivity contribution >= 4 is 75.1 Å². The Bertz CT molecular complexity index is 1420. The molecule has 1 fully saturated rings. The van der Waals surface area contributed by atoms with Crippen molar-refractivity contribution in [1.82, 2.24) is 20.2 Å². The van der Waals surface area contributed by atoms with Crippen LogP contribution in [0.2, 0.25) is 0 Å². The van der Waals surface area contributed by atoms with Gasteiger partial charge in [0.2, 0.25) is 11.6 Å². The fourth-order valence-corrected chi connectivity index (χ4v) is 6.49. The monoisotopic (exact) mass is 576 g/mol. The number of amides is 2. The van der Waals surface area contributed by atoms with Gasteiger partial charge >= 0.3 is 5.16 Å². The molecule has 0 bridgehead atoms. The van der Waals surface area contributed by atoms with E-state index in [-0.39, 0.29) is 57.1 Å². The number of hydrogen-bond donors (Lipinski definition) is 5. The van der Waals surface area contributed by atoms with Gasteiger partial charge in [-0.05, 0) is 17.3 Å². The quantitative estimate of drug-likeness (QED) is 0.0228. The van der Waals surface area contributed by atoms with E-state index in [2.05, 4.69) is 26.4 Å². The van der Waals surface area contributed by atoms with E-state index in [9.17, 15) is 19.5 Å². The number of carboxylic acid groups (broad SMARTS) is 1. The minimum absolute atomic E-state index is 0.117. The summed E-state index contributed by atoms with van der Waals surface area (Å²) in [6.45, 7) is -0.201. The zero-order chi connectivity index (χ0) is 27.6. The van der Waals surface area contributed by atoms with Gasteiger partial charge in [-0.1, -0.05) is 16.1 Å². The van der Waals surface area contributed by atoms with E-state index in [0.29, 0.717) is 5.57 Å². The molecule has 2 aromatic rings. The van der Waals surface area contributed by atoms with Gasteiger partial charge in [-0.15, -0.1) is 34.2 Å². The van der Waals surface area contributed by atoms with Crippen molar-refractivity contribution in [3.8, 4) is 12.3 Å². The minimum atomic E-state index is -1.53. The van der Waals surface area contributed by atoms with Gasteiger partial charge in [-0.3, -0.25) is 20.3 Å². The molecule has 1 saturated heterocycles. The third kappa shape index (κ3) is 5.25. The molecule has 9 N–H and O–H groups in total. The number of aromatic nitrogens is 3. The largest absolute Gasteiger partial charge is 0.543 e. The first-order valence-corrected chi connectivity index (χ1v) is 13.4. The molecule has 15 nitrogen and oxygen atoms in total. The number of nitrogens with two attached hydrogens (primary N) is 4. The Balaban J connectivity index is 1.51. The molecule has 2 amide bonds. The van der Waals surface area contributed by atoms with E-state index in [4.69, 9.17) is 34.3 Å². The Hall–Kier alpha value is -4.21. The number of anilines is 3. The van der Waals surface area contributed by atoms with Crippen LogP contribution in [-0.2, 0) is 19.2 Å². The lowest BCUT2D eigenvalue weighted by Crippen LogP contribution is -2.71. The minimum Gasteiger partial charge on any atom is -0.543 e. The molecule has 0 spiro atoms. The SMILES string of the molecule is C#CCO/N=C(\C(=O)NC1C(=O)N2C(C(=O)[O-])=C(CSc3nc(N)cc(N)[n+]3N)CS[C@H]12)c1csc(N)n1. The number of thiazole rings is 1. The first-order chi connectivity index (χ1) is 18.1. The number of nitrogen functional groups attached to an aromatic ring is 4. The van der Waals surface area contributed by atoms with Gasteiger partial charge in [0, 0.05) is 16.9 Å². The molecular weight excluding hydrogens is 556 g/mol. The Labute approximate surface area is 227 Å². The summed E-state index contributed by atoms with van der Waals surface area (Å²) in [6, 6.07) is 0.344. The van der Waals surface area contributed by atoms with Gasteiger partial charge in [-0.2, -0.15) is 0 Å². The van der Waals surface area contributed by atoms with Crippen LogP contribution in [0, 0.1) is 12.3 Å². The van der Waals surface area contributed by atoms with Crippen molar-refractivity contribution in [3.63, 3.8) is 0 Å². The molecule has 2 aliphatic heterocycles. The number of hydrogen-bond acceptors (Lipinski definition) is 15. The van der Waals surface area contributed by atoms with Gasteiger partial charge < -0.3 is 37.3 Å². The smallest absolute Gasteiger partial charge is 0.322 e. The van der Waals surface area contributed by atoms with E-state index < -0.39 is 29.2 Å². The van der Waals surface area contributed by atoms with E-state index in [0.717, 1.165) is 32.7 Å². The van der Waals surface area contributed by atoms with Crippen LogP contribution in [0.3, 0.4) is 0 Å². The lowest BCUT2D eigenvalue weighted by atomic mass is 10.0. The van der Waals surface area contributed by atoms with E-state index in [1.54, 1.807) is 0 Å². The first-order valence-electron chi connectivity index (χ1n) is 10.5. The van der Waals surface area contributed by atoms with E-state index >= 15 is 0 Å². The maximum Gasteiger partial charge on any atom is 0.322 e. The second kappa shape index (κ2) is 11.0. The fraction of sp³-hybridized carbons (Fsp3) is 0.250. The molecule has 0 saturated carbocycles. The van der Waals surface area contributed by atoms with Crippen molar-refractivity contribution in [2.75, 3.05) is 41.2 Å². The average molecular weight is 577 g/mol. The summed E-state index contributed by atoms with van der Waals surface area (Å²) in [5.74, 6) is 5.79. The van der Waals surface area contributed by atoms with Gasteiger partial charge in [0.15, 0.2) is 17.5 Å². The highest BCUT2D eigenvalue weighted by Gasteiger charge is 2.53. The van der Waals surface area contributed by atoms with Crippen molar-refractivity contribution < 1.29 is 29.0 Å². The number of oxime groups is 1. The van der Waals surface area contributed by atoms with Crippen LogP contribution in [0.4, 0.5) is 16.8 Å². The number of β-lactam (4-membered cyclic amide) rings is 1. The number of thioether (sulfide) groups is 2. The van der Waals surface area contributed by atoms with E-state index in [1.807, 2.05) is 0 Å². The molecule has 2 aromatic heterocycles. The number of terminal acetylenes is 1. The number of carboxylic acids is 1. The van der Waals surface area contributed by atoms with Crippen LogP contribution in [0.5, 0.6) is 0 Å². The molecule has 4 rings (SSSR count). The van der Waals surface area contributed by atoms with Crippen LogP contribution >= 0.6 is 34.9 Å². The zero-order valence-corrected chi connectivity index (χ0v) is 21.8. The second-order valence-electron chi connectivity index (χ2n) is 7.64. The van der Waals surface area contributed by atoms with Crippen molar-refractivity contribution in [2.24, 2.45) is 5.16 Å². The molecular formula is C20H20N10O5S3. The molecule has 4 heterocycles. The van der Waals surface area contributed by atoms with Crippen LogP contribution in [0.1, 0.15) is 5.69 Å². The normalized spacial score (nSPS) is 18.9. The summed E-state index contributed by atoms with van der Waals surface area (Å²) in [5.41, 5.74) is 17.2. The highest BCUT2D eigenvalue weighted by atomic mass is 32.2. The van der Waals surface area contributed by atoms with E-state index in [1.165, 1.54) is 23.2 Å². The Kier molecular flexibility index (Phi) is 7.80. The second-order valence-corrected chi connectivity index (χ2v) is 10.6. The lowest BCUT2D eigenvalue weighted by molar-refractivity contribution is -0.667. The third-order valence-corrected chi connectivity index (χ3v) is 8.24. The summed E-state index contributed by atoms with van der Waals surface area (Å²) in [4.78, 5) is 52.1. The Morgan fingerprint density at radius 3 is 2.82 bits per heavy atom. The number of carbonyl (C=O) groups excluding carboxylic acids is 3. The molecule has 0 radical (unpaired) electrons. The lowest BCUT2D eigenvalue weighted by Gasteiger charge is -2.50. The van der Waals surface area contributed by atoms with Crippen LogP contribution in [0.25, 0.3) is 0 Å². The number of carbonyl (C=O) groups is 3. The summed E-state index contributed by atoms with van der Waals surface area (Å²) < 4.78 is 1.11. The third-order valence-electron chi connectivity index (χ3n) is 5.19. The molecule has 38 heavy (non-hydrogen) atoms. The predicted octanol–water partition coefficient (Wildman–Crippen LogP) is -3.16. The maximum atomic E-state index is 13.0. The number of fused-ring (bicyclic) bond motifs is 1. The van der Waals surface area contributed by atoms with Crippen LogP contribution in [0.15, 0.2) is 33.0 Å². The molecule has 0 aliphatic carbocycles. The summed E-state index contributed by atoms with van der Waals surface area (Å²) in [5, 5.41) is 19.6. The highest BCUT2D eigenvalue weighted by Crippen LogP contribution is 2.41.